The van der Waals surface area contributed by atoms with Crippen LogP contribution in [0.4, 0.5) is 0 Å². The summed E-state index contributed by atoms with van der Waals surface area (Å²) in [4.78, 5) is 20.4. The van der Waals surface area contributed by atoms with Crippen molar-refractivity contribution in [3.8, 4) is 11.5 Å². The highest BCUT2D eigenvalue weighted by Crippen LogP contribution is 2.29. The lowest BCUT2D eigenvalue weighted by Crippen LogP contribution is -2.61. The van der Waals surface area contributed by atoms with E-state index in [-0.39, 0.29) is 24.6 Å². The van der Waals surface area contributed by atoms with Gasteiger partial charge < -0.3 is 54.7 Å². The van der Waals surface area contributed by atoms with Crippen molar-refractivity contribution in [3.05, 3.63) is 83.9 Å². The Kier molecular flexibility index (Phi) is 12.5. The number of phenolic OH excluding ortho intramolecular Hbond substituents is 2. The quantitative estimate of drug-likeness (QED) is 0.0567. The molecule has 1 heterocycles. The van der Waals surface area contributed by atoms with Crippen molar-refractivity contribution in [2.75, 3.05) is 26.3 Å². The van der Waals surface area contributed by atoms with Crippen LogP contribution in [0.15, 0.2) is 82.8 Å². The van der Waals surface area contributed by atoms with Gasteiger partial charge in [0, 0.05) is 30.5 Å². The Morgan fingerprint density at radius 1 is 0.820 bits per heavy atom. The first-order valence-electron chi connectivity index (χ1n) is 15.9. The summed E-state index contributed by atoms with van der Waals surface area (Å²) in [7, 11) is 0. The van der Waals surface area contributed by atoms with E-state index in [1.807, 2.05) is 36.4 Å². The van der Waals surface area contributed by atoms with Gasteiger partial charge in [-0.1, -0.05) is 60.7 Å². The van der Waals surface area contributed by atoms with Crippen molar-refractivity contribution in [1.29, 1.82) is 0 Å². The maximum absolute atomic E-state index is 11.7. The summed E-state index contributed by atoms with van der Waals surface area (Å²) in [6.45, 7) is -0.926. The highest BCUT2D eigenvalue weighted by atomic mass is 16.7. The van der Waals surface area contributed by atoms with Gasteiger partial charge in [0.05, 0.1) is 26.3 Å². The number of carbonyl (C=O) groups excluding carboxylic acids is 1. The van der Waals surface area contributed by atoms with E-state index >= 15 is 0 Å². The van der Waals surface area contributed by atoms with Crippen LogP contribution in [-0.2, 0) is 23.7 Å². The minimum absolute atomic E-state index is 0.0101. The molecular formula is C36H40N2O12. The first-order chi connectivity index (χ1) is 24.1. The number of carbonyl (C=O) groups is 1. The molecule has 266 valence electrons. The minimum Gasteiger partial charge on any atom is -0.507 e. The van der Waals surface area contributed by atoms with Crippen LogP contribution in [0.1, 0.15) is 18.1 Å². The molecule has 0 amide bonds. The Balaban J connectivity index is 1.37. The number of hydrogen-bond acceptors (Lipinski definition) is 14. The molecule has 0 spiro atoms. The van der Waals surface area contributed by atoms with E-state index in [0.717, 1.165) is 23.1 Å². The molecular weight excluding hydrogens is 652 g/mol. The van der Waals surface area contributed by atoms with Gasteiger partial charge in [0.1, 0.15) is 42.0 Å². The molecule has 1 aliphatic rings. The van der Waals surface area contributed by atoms with E-state index in [1.165, 1.54) is 24.6 Å². The average Bonchev–Trinajstić information content (AvgIpc) is 3.11. The molecule has 4 aromatic rings. The fourth-order valence-electron chi connectivity index (χ4n) is 5.73. The number of benzene rings is 4. The maximum atomic E-state index is 11.7. The third-order valence-electron chi connectivity index (χ3n) is 8.24. The Hall–Kier alpha value is -4.51. The summed E-state index contributed by atoms with van der Waals surface area (Å²) in [6.07, 6.45) is -9.16. The van der Waals surface area contributed by atoms with Crippen molar-refractivity contribution in [2.45, 2.75) is 56.1 Å². The lowest BCUT2D eigenvalue weighted by molar-refractivity contribution is -0.322. The Labute approximate surface area is 287 Å². The highest BCUT2D eigenvalue weighted by Gasteiger charge is 2.48. The Morgan fingerprint density at radius 2 is 1.38 bits per heavy atom. The molecule has 14 heteroatoms. The third kappa shape index (κ3) is 8.61. The lowest BCUT2D eigenvalue weighted by atomic mass is 9.99. The first kappa shape index (κ1) is 36.8. The number of fused-ring (bicyclic) bond motifs is 2. The van der Waals surface area contributed by atoms with E-state index in [1.54, 1.807) is 24.3 Å². The predicted molar refractivity (Wildman–Crippen MR) is 182 cm³/mol. The predicted octanol–water partition coefficient (Wildman–Crippen LogP) is 1.39. The standard InChI is InChI=1S/C36H40N2O12/c1-20(41)47-35-33(45)31(19-40)50-36(34(35)46)49-29(16-37-14-25-23-8-4-2-6-21(23)10-12-27(25)42)30(18-39)48-32(44)17-38-15-26-24-9-5-3-7-22(24)11-13-28(26)43/h2-15,29-36,39-40,42-46H,16-19H2,1H3. The number of ether oxygens (including phenoxy) is 4. The Bertz CT molecular complexity index is 1820. The molecule has 0 radical (unpaired) electrons. The number of hydrogen-bond donors (Lipinski definition) is 7. The van der Waals surface area contributed by atoms with Crippen LogP contribution in [0.2, 0.25) is 0 Å². The van der Waals surface area contributed by atoms with Gasteiger partial charge in [-0.2, -0.15) is 0 Å². The molecule has 7 N–H and O–H groups in total. The molecule has 0 aromatic heterocycles. The normalized spacial score (nSPS) is 23.0. The Morgan fingerprint density at radius 3 is 1.92 bits per heavy atom. The van der Waals surface area contributed by atoms with E-state index in [4.69, 9.17) is 18.9 Å². The van der Waals surface area contributed by atoms with Crippen LogP contribution in [0.5, 0.6) is 11.5 Å². The zero-order chi connectivity index (χ0) is 35.8. The molecule has 0 saturated carbocycles. The number of esters is 1. The molecule has 8 unspecified atom stereocenters. The molecule has 0 aliphatic carbocycles. The molecule has 4 aromatic carbocycles. The fourth-order valence-corrected chi connectivity index (χ4v) is 5.73. The smallest absolute Gasteiger partial charge is 0.303 e. The zero-order valence-corrected chi connectivity index (χ0v) is 27.1. The summed E-state index contributed by atoms with van der Waals surface area (Å²) in [5.41, 5.74) is 0.842. The first-order valence-corrected chi connectivity index (χ1v) is 15.9. The highest BCUT2D eigenvalue weighted by molar-refractivity contribution is 6.03. The topological polar surface area (TPSA) is 220 Å². The molecule has 1 saturated heterocycles. The van der Waals surface area contributed by atoms with E-state index < -0.39 is 68.4 Å². The SMILES string of the molecule is CC(=O)OC1C(O)C(CO)OC(OC(CN=Cc2c(O)ccc3ccccc23)C(CO)OC(O)CN=Cc2c(O)ccc3ccccc23)C1O. The second-order valence-corrected chi connectivity index (χ2v) is 11.7. The van der Waals surface area contributed by atoms with Crippen molar-refractivity contribution in [2.24, 2.45) is 9.98 Å². The van der Waals surface area contributed by atoms with E-state index in [2.05, 4.69) is 9.98 Å². The molecule has 5 rings (SSSR count). The van der Waals surface area contributed by atoms with E-state index in [0.29, 0.717) is 16.5 Å². The molecule has 1 aliphatic heterocycles. The monoisotopic (exact) mass is 692 g/mol. The largest absolute Gasteiger partial charge is 0.507 e. The van der Waals surface area contributed by atoms with Gasteiger partial charge in [-0.15, -0.1) is 0 Å². The van der Waals surface area contributed by atoms with Crippen LogP contribution in [-0.4, -0.2) is 130 Å². The maximum Gasteiger partial charge on any atom is 0.303 e. The summed E-state index contributed by atoms with van der Waals surface area (Å²) < 4.78 is 22.4. The van der Waals surface area contributed by atoms with Gasteiger partial charge in [-0.05, 0) is 33.7 Å². The molecule has 8 atom stereocenters. The second-order valence-electron chi connectivity index (χ2n) is 11.7. The number of nitrogens with zero attached hydrogens (tertiary/aromatic N) is 2. The molecule has 0 bridgehead atoms. The van der Waals surface area contributed by atoms with Crippen LogP contribution in [0.3, 0.4) is 0 Å². The van der Waals surface area contributed by atoms with E-state index in [9.17, 15) is 40.5 Å². The number of rotatable bonds is 14. The van der Waals surface area contributed by atoms with Crippen LogP contribution >= 0.6 is 0 Å². The van der Waals surface area contributed by atoms with Crippen molar-refractivity contribution >= 4 is 39.9 Å². The zero-order valence-electron chi connectivity index (χ0n) is 27.1. The summed E-state index contributed by atoms with van der Waals surface area (Å²) in [5, 5.41) is 76.7. The summed E-state index contributed by atoms with van der Waals surface area (Å²) in [5.74, 6) is -0.858. The van der Waals surface area contributed by atoms with Gasteiger partial charge in [0.2, 0.25) is 0 Å². The molecule has 50 heavy (non-hydrogen) atoms. The summed E-state index contributed by atoms with van der Waals surface area (Å²) >= 11 is 0. The van der Waals surface area contributed by atoms with Crippen molar-refractivity contribution in [1.82, 2.24) is 0 Å². The number of aromatic hydroxyl groups is 2. The van der Waals surface area contributed by atoms with Gasteiger partial charge in [-0.3, -0.25) is 14.8 Å². The van der Waals surface area contributed by atoms with Crippen molar-refractivity contribution in [3.63, 3.8) is 0 Å². The van der Waals surface area contributed by atoms with Crippen LogP contribution < -0.4 is 0 Å². The second kappa shape index (κ2) is 16.9. The lowest BCUT2D eigenvalue weighted by Gasteiger charge is -2.42. The average molecular weight is 693 g/mol. The van der Waals surface area contributed by atoms with Gasteiger partial charge in [0.15, 0.2) is 18.7 Å². The fraction of sp³-hybridized carbons (Fsp3) is 0.361. The summed E-state index contributed by atoms with van der Waals surface area (Å²) in [6, 6.07) is 21.3. The van der Waals surface area contributed by atoms with Crippen LogP contribution in [0, 0.1) is 0 Å². The molecule has 1 fully saturated rings. The van der Waals surface area contributed by atoms with Gasteiger partial charge in [-0.25, -0.2) is 0 Å². The van der Waals surface area contributed by atoms with Gasteiger partial charge >= 0.3 is 5.97 Å². The number of aliphatic hydroxyl groups excluding tert-OH is 5. The third-order valence-corrected chi connectivity index (χ3v) is 8.24. The number of phenols is 2. The minimum atomic E-state index is -1.74. The number of aliphatic hydroxyl groups is 5. The number of aliphatic imine (C=N–C) groups is 2. The van der Waals surface area contributed by atoms with Crippen LogP contribution in [0.25, 0.3) is 21.5 Å². The van der Waals surface area contributed by atoms with Gasteiger partial charge in [0.25, 0.3) is 0 Å². The van der Waals surface area contributed by atoms with Crippen molar-refractivity contribution < 1.29 is 59.5 Å². The molecule has 14 nitrogen and oxygen atoms in total.